The Hall–Kier alpha value is -2.25. The normalized spacial score (nSPS) is 17.9. The lowest BCUT2D eigenvalue weighted by atomic mass is 9.95. The number of amides is 1. The third-order valence-electron chi connectivity index (χ3n) is 5.31. The van der Waals surface area contributed by atoms with Gasteiger partial charge in [-0.05, 0) is 61.7 Å². The van der Waals surface area contributed by atoms with E-state index in [1.165, 1.54) is 0 Å². The standard InChI is InChI=1S/C20H25N3O3S/c1-15(16-3-5-17(6-4-16)18-7-11-21-12-8-18)23-19(24)20(27(2,25)26)9-13-22-14-10-20/h3-8,11-12,15,22H,9-10,13-14H2,1-2H3,(H,23,24). The van der Waals surface area contributed by atoms with Gasteiger partial charge in [0.25, 0.3) is 0 Å². The average Bonchev–Trinajstić information content (AvgIpc) is 2.68. The van der Waals surface area contributed by atoms with Crippen molar-refractivity contribution >= 4 is 15.7 Å². The van der Waals surface area contributed by atoms with Crippen molar-refractivity contribution in [3.8, 4) is 11.1 Å². The van der Waals surface area contributed by atoms with Crippen LogP contribution in [0, 0.1) is 0 Å². The van der Waals surface area contributed by atoms with Crippen LogP contribution in [0.15, 0.2) is 48.8 Å². The Morgan fingerprint density at radius 2 is 1.63 bits per heavy atom. The monoisotopic (exact) mass is 387 g/mol. The number of benzene rings is 1. The summed E-state index contributed by atoms with van der Waals surface area (Å²) in [6, 6.07) is 11.5. The fraction of sp³-hybridized carbons (Fsp3) is 0.400. The summed E-state index contributed by atoms with van der Waals surface area (Å²) in [5.41, 5.74) is 3.06. The lowest BCUT2D eigenvalue weighted by molar-refractivity contribution is -0.125. The van der Waals surface area contributed by atoms with Gasteiger partial charge in [-0.15, -0.1) is 0 Å². The number of nitrogens with one attached hydrogen (secondary N) is 2. The van der Waals surface area contributed by atoms with Gasteiger partial charge in [0.15, 0.2) is 14.6 Å². The molecule has 1 saturated heterocycles. The largest absolute Gasteiger partial charge is 0.348 e. The molecule has 7 heteroatoms. The van der Waals surface area contributed by atoms with Crippen molar-refractivity contribution in [1.29, 1.82) is 0 Å². The van der Waals surface area contributed by atoms with Crippen LogP contribution in [-0.4, -0.2) is 43.4 Å². The van der Waals surface area contributed by atoms with Crippen LogP contribution in [0.3, 0.4) is 0 Å². The molecule has 3 rings (SSSR count). The van der Waals surface area contributed by atoms with Crippen molar-refractivity contribution in [2.24, 2.45) is 0 Å². The number of hydrogen-bond donors (Lipinski definition) is 2. The summed E-state index contributed by atoms with van der Waals surface area (Å²) < 4.78 is 23.4. The molecule has 0 aliphatic carbocycles. The Morgan fingerprint density at radius 3 is 2.19 bits per heavy atom. The first-order valence-corrected chi connectivity index (χ1v) is 10.9. The SMILES string of the molecule is CC(NC(=O)C1(S(C)(=O)=O)CCNCC1)c1ccc(-c2ccncc2)cc1. The van der Waals surface area contributed by atoms with Gasteiger partial charge in [0, 0.05) is 18.6 Å². The van der Waals surface area contributed by atoms with E-state index in [-0.39, 0.29) is 6.04 Å². The molecule has 1 atom stereocenters. The number of carbonyl (C=O) groups is 1. The molecule has 0 saturated carbocycles. The third kappa shape index (κ3) is 4.04. The van der Waals surface area contributed by atoms with Gasteiger partial charge in [0.2, 0.25) is 5.91 Å². The zero-order valence-electron chi connectivity index (χ0n) is 15.6. The van der Waals surface area contributed by atoms with Gasteiger partial charge in [-0.2, -0.15) is 0 Å². The lowest BCUT2D eigenvalue weighted by Crippen LogP contribution is -2.57. The molecule has 1 aromatic carbocycles. The van der Waals surface area contributed by atoms with Crippen LogP contribution in [0.4, 0.5) is 0 Å². The number of sulfone groups is 1. The number of carbonyl (C=O) groups excluding carboxylic acids is 1. The van der Waals surface area contributed by atoms with E-state index in [1.54, 1.807) is 12.4 Å². The van der Waals surface area contributed by atoms with Crippen LogP contribution >= 0.6 is 0 Å². The van der Waals surface area contributed by atoms with Crippen molar-refractivity contribution in [3.63, 3.8) is 0 Å². The highest BCUT2D eigenvalue weighted by Gasteiger charge is 2.48. The molecule has 0 radical (unpaired) electrons. The number of pyridine rings is 1. The van der Waals surface area contributed by atoms with Crippen molar-refractivity contribution in [1.82, 2.24) is 15.6 Å². The van der Waals surface area contributed by atoms with E-state index in [9.17, 15) is 13.2 Å². The predicted molar refractivity (Wildman–Crippen MR) is 106 cm³/mol. The van der Waals surface area contributed by atoms with Gasteiger partial charge < -0.3 is 10.6 Å². The maximum Gasteiger partial charge on any atom is 0.242 e. The van der Waals surface area contributed by atoms with Crippen LogP contribution in [0.25, 0.3) is 11.1 Å². The van der Waals surface area contributed by atoms with Crippen molar-refractivity contribution in [3.05, 3.63) is 54.4 Å². The highest BCUT2D eigenvalue weighted by molar-refractivity contribution is 7.92. The summed E-state index contributed by atoms with van der Waals surface area (Å²) >= 11 is 0. The minimum Gasteiger partial charge on any atom is -0.348 e. The summed E-state index contributed by atoms with van der Waals surface area (Å²) in [4.78, 5) is 16.9. The first-order chi connectivity index (χ1) is 12.8. The quantitative estimate of drug-likeness (QED) is 0.820. The molecule has 0 bridgehead atoms. The van der Waals surface area contributed by atoms with E-state index in [0.29, 0.717) is 25.9 Å². The van der Waals surface area contributed by atoms with E-state index < -0.39 is 20.5 Å². The minimum atomic E-state index is -3.52. The summed E-state index contributed by atoms with van der Waals surface area (Å²) in [7, 11) is -3.52. The first kappa shape index (κ1) is 19.5. The molecule has 2 N–H and O–H groups in total. The predicted octanol–water partition coefficient (Wildman–Crippen LogP) is 2.09. The highest BCUT2D eigenvalue weighted by atomic mass is 32.2. The Labute approximate surface area is 160 Å². The van der Waals surface area contributed by atoms with Crippen LogP contribution in [0.5, 0.6) is 0 Å². The van der Waals surface area contributed by atoms with E-state index in [0.717, 1.165) is 22.9 Å². The van der Waals surface area contributed by atoms with Gasteiger partial charge in [0.1, 0.15) is 0 Å². The minimum absolute atomic E-state index is 0.280. The first-order valence-electron chi connectivity index (χ1n) is 9.05. The summed E-state index contributed by atoms with van der Waals surface area (Å²) in [6.07, 6.45) is 5.24. The molecule has 6 nitrogen and oxygen atoms in total. The number of aromatic nitrogens is 1. The van der Waals surface area contributed by atoms with Gasteiger partial charge in [-0.3, -0.25) is 9.78 Å². The molecule has 2 heterocycles. The van der Waals surface area contributed by atoms with E-state index in [1.807, 2.05) is 43.3 Å². The van der Waals surface area contributed by atoms with Crippen LogP contribution in [0.2, 0.25) is 0 Å². The molecule has 1 fully saturated rings. The highest BCUT2D eigenvalue weighted by Crippen LogP contribution is 2.29. The number of piperidine rings is 1. The van der Waals surface area contributed by atoms with Gasteiger partial charge >= 0.3 is 0 Å². The number of hydrogen-bond acceptors (Lipinski definition) is 5. The Kier molecular flexibility index (Phi) is 5.62. The Morgan fingerprint density at radius 1 is 1.07 bits per heavy atom. The third-order valence-corrected chi connectivity index (χ3v) is 7.32. The molecule has 1 aliphatic heterocycles. The van der Waals surface area contributed by atoms with Gasteiger partial charge in [0.05, 0.1) is 6.04 Å². The summed E-state index contributed by atoms with van der Waals surface area (Å²) in [5, 5.41) is 6.04. The number of rotatable bonds is 5. The molecule has 1 aromatic heterocycles. The van der Waals surface area contributed by atoms with Crippen LogP contribution < -0.4 is 10.6 Å². The second-order valence-corrected chi connectivity index (χ2v) is 9.40. The maximum atomic E-state index is 12.9. The summed E-state index contributed by atoms with van der Waals surface area (Å²) in [5.74, 6) is -0.405. The molecule has 2 aromatic rings. The second-order valence-electron chi connectivity index (χ2n) is 7.07. The van der Waals surface area contributed by atoms with Crippen molar-refractivity contribution < 1.29 is 13.2 Å². The Balaban J connectivity index is 1.76. The lowest BCUT2D eigenvalue weighted by Gasteiger charge is -2.35. The van der Waals surface area contributed by atoms with Crippen LogP contribution in [0.1, 0.15) is 31.4 Å². The molecule has 27 heavy (non-hydrogen) atoms. The fourth-order valence-electron chi connectivity index (χ4n) is 3.52. The topological polar surface area (TPSA) is 88.2 Å². The molecule has 1 unspecified atom stereocenters. The molecule has 0 spiro atoms. The maximum absolute atomic E-state index is 12.9. The summed E-state index contributed by atoms with van der Waals surface area (Å²) in [6.45, 7) is 2.92. The molecule has 1 amide bonds. The van der Waals surface area contributed by atoms with Gasteiger partial charge in [-0.25, -0.2) is 8.42 Å². The van der Waals surface area contributed by atoms with Crippen molar-refractivity contribution in [2.45, 2.75) is 30.6 Å². The zero-order chi connectivity index (χ0) is 19.5. The Bertz CT molecular complexity index is 890. The molecular weight excluding hydrogens is 362 g/mol. The molecule has 1 aliphatic rings. The number of nitrogens with zero attached hydrogens (tertiary/aromatic N) is 1. The van der Waals surface area contributed by atoms with E-state index in [2.05, 4.69) is 15.6 Å². The smallest absolute Gasteiger partial charge is 0.242 e. The van der Waals surface area contributed by atoms with Crippen LogP contribution in [-0.2, 0) is 14.6 Å². The van der Waals surface area contributed by atoms with Crippen molar-refractivity contribution in [2.75, 3.05) is 19.3 Å². The molecule has 144 valence electrons. The zero-order valence-corrected chi connectivity index (χ0v) is 16.4. The fourth-order valence-corrected chi connectivity index (χ4v) is 4.86. The van der Waals surface area contributed by atoms with E-state index in [4.69, 9.17) is 0 Å². The average molecular weight is 388 g/mol. The van der Waals surface area contributed by atoms with Gasteiger partial charge in [-0.1, -0.05) is 24.3 Å². The van der Waals surface area contributed by atoms with E-state index >= 15 is 0 Å². The second kappa shape index (κ2) is 7.78. The molecular formula is C20H25N3O3S.